The number of carbonyl (C=O) groups is 2. The van der Waals surface area contributed by atoms with Crippen molar-refractivity contribution in [3.8, 4) is 11.5 Å². The summed E-state index contributed by atoms with van der Waals surface area (Å²) in [7, 11) is 1.58. The van der Waals surface area contributed by atoms with Crippen LogP contribution in [0.15, 0.2) is 53.6 Å². The number of amides is 2. The van der Waals surface area contributed by atoms with Crippen molar-refractivity contribution in [2.24, 2.45) is 5.10 Å². The zero-order chi connectivity index (χ0) is 20.2. The first-order chi connectivity index (χ1) is 13.6. The Morgan fingerprint density at radius 3 is 2.61 bits per heavy atom. The molecule has 7 heteroatoms. The lowest BCUT2D eigenvalue weighted by molar-refractivity contribution is -0.120. The summed E-state index contributed by atoms with van der Waals surface area (Å²) in [5, 5.41) is 6.42. The predicted octanol–water partition coefficient (Wildman–Crippen LogP) is 2.75. The molecule has 0 saturated carbocycles. The van der Waals surface area contributed by atoms with Gasteiger partial charge in [-0.05, 0) is 48.4 Å². The molecule has 0 fully saturated rings. The number of carbonyl (C=O) groups excluding carboxylic acids is 2. The summed E-state index contributed by atoms with van der Waals surface area (Å²) >= 11 is 0. The zero-order valence-electron chi connectivity index (χ0n) is 16.1. The van der Waals surface area contributed by atoms with Crippen LogP contribution in [0, 0.1) is 0 Å². The van der Waals surface area contributed by atoms with E-state index in [-0.39, 0.29) is 12.5 Å². The minimum atomic E-state index is -0.424. The summed E-state index contributed by atoms with van der Waals surface area (Å²) < 4.78 is 10.7. The first kappa shape index (κ1) is 21.0. The van der Waals surface area contributed by atoms with E-state index < -0.39 is 5.91 Å². The molecule has 2 aromatic carbocycles. The van der Waals surface area contributed by atoms with Crippen LogP contribution >= 0.6 is 0 Å². The standard InChI is InChI=1S/C21H25N3O4/c1-3-4-12-28-18-10-8-17(9-11-18)21(26)22-15-20(25)24-23-14-16-6-5-7-19(13-16)27-2/h5-11,13-14H,3-4,12,15H2,1-2H3,(H,22,26)(H,24,25)/b23-14-. The summed E-state index contributed by atoms with van der Waals surface area (Å²) in [4.78, 5) is 23.9. The molecule has 28 heavy (non-hydrogen) atoms. The first-order valence-corrected chi connectivity index (χ1v) is 9.09. The van der Waals surface area contributed by atoms with E-state index in [0.717, 1.165) is 24.2 Å². The second-order valence-corrected chi connectivity index (χ2v) is 5.98. The number of rotatable bonds is 10. The van der Waals surface area contributed by atoms with Crippen LogP contribution in [0.25, 0.3) is 0 Å². The topological polar surface area (TPSA) is 89.0 Å². The van der Waals surface area contributed by atoms with Crippen molar-refractivity contribution in [3.05, 3.63) is 59.7 Å². The van der Waals surface area contributed by atoms with E-state index in [1.807, 2.05) is 18.2 Å². The van der Waals surface area contributed by atoms with E-state index in [4.69, 9.17) is 9.47 Å². The summed E-state index contributed by atoms with van der Waals surface area (Å²) in [5.74, 6) is 0.651. The summed E-state index contributed by atoms with van der Waals surface area (Å²) in [6.45, 7) is 2.57. The molecule has 0 aliphatic carbocycles. The maximum Gasteiger partial charge on any atom is 0.259 e. The number of unbranched alkanes of at least 4 members (excludes halogenated alkanes) is 1. The van der Waals surface area contributed by atoms with Gasteiger partial charge in [0.15, 0.2) is 0 Å². The van der Waals surface area contributed by atoms with Gasteiger partial charge in [0.05, 0.1) is 26.5 Å². The van der Waals surface area contributed by atoms with Crippen molar-refractivity contribution < 1.29 is 19.1 Å². The molecule has 2 rings (SSSR count). The molecule has 2 amide bonds. The molecule has 0 atom stereocenters. The third-order valence-corrected chi connectivity index (χ3v) is 3.79. The van der Waals surface area contributed by atoms with E-state index in [9.17, 15) is 9.59 Å². The number of hydrogen-bond acceptors (Lipinski definition) is 5. The van der Waals surface area contributed by atoms with Crippen LogP contribution in [0.4, 0.5) is 0 Å². The van der Waals surface area contributed by atoms with Gasteiger partial charge in [-0.1, -0.05) is 25.5 Å². The van der Waals surface area contributed by atoms with Crippen molar-refractivity contribution in [2.75, 3.05) is 20.3 Å². The van der Waals surface area contributed by atoms with Gasteiger partial charge in [0.25, 0.3) is 11.8 Å². The van der Waals surface area contributed by atoms with Crippen LogP contribution in [-0.4, -0.2) is 38.3 Å². The minimum absolute atomic E-state index is 0.178. The molecule has 0 aromatic heterocycles. The van der Waals surface area contributed by atoms with Crippen molar-refractivity contribution in [1.29, 1.82) is 0 Å². The Bertz CT molecular complexity index is 804. The monoisotopic (exact) mass is 383 g/mol. The molecule has 0 radical (unpaired) electrons. The summed E-state index contributed by atoms with van der Waals surface area (Å²) in [5.41, 5.74) is 3.60. The Hall–Kier alpha value is -3.35. The number of nitrogens with zero attached hydrogens (tertiary/aromatic N) is 1. The number of methoxy groups -OCH3 is 1. The van der Waals surface area contributed by atoms with Gasteiger partial charge in [0, 0.05) is 5.56 Å². The van der Waals surface area contributed by atoms with E-state index in [0.29, 0.717) is 17.9 Å². The lowest BCUT2D eigenvalue weighted by Crippen LogP contribution is -2.34. The normalized spacial score (nSPS) is 10.5. The van der Waals surface area contributed by atoms with Crippen molar-refractivity contribution in [3.63, 3.8) is 0 Å². The van der Waals surface area contributed by atoms with Crippen LogP contribution in [0.3, 0.4) is 0 Å². The van der Waals surface area contributed by atoms with Crippen LogP contribution in [0.2, 0.25) is 0 Å². The van der Waals surface area contributed by atoms with Gasteiger partial charge in [-0.15, -0.1) is 0 Å². The molecular formula is C21H25N3O4. The van der Waals surface area contributed by atoms with Crippen LogP contribution in [-0.2, 0) is 4.79 Å². The minimum Gasteiger partial charge on any atom is -0.497 e. The molecule has 0 spiro atoms. The average Bonchev–Trinajstić information content (AvgIpc) is 2.73. The lowest BCUT2D eigenvalue weighted by Gasteiger charge is -2.07. The maximum atomic E-state index is 12.1. The third-order valence-electron chi connectivity index (χ3n) is 3.79. The second kappa shape index (κ2) is 11.4. The van der Waals surface area contributed by atoms with Gasteiger partial charge >= 0.3 is 0 Å². The van der Waals surface area contributed by atoms with E-state index in [2.05, 4.69) is 22.8 Å². The van der Waals surface area contributed by atoms with Crippen molar-refractivity contribution in [1.82, 2.24) is 10.7 Å². The second-order valence-electron chi connectivity index (χ2n) is 5.98. The zero-order valence-corrected chi connectivity index (χ0v) is 16.1. The molecule has 0 aliphatic heterocycles. The molecule has 7 nitrogen and oxygen atoms in total. The smallest absolute Gasteiger partial charge is 0.259 e. The molecule has 0 saturated heterocycles. The van der Waals surface area contributed by atoms with E-state index in [1.165, 1.54) is 6.21 Å². The Morgan fingerprint density at radius 2 is 1.89 bits per heavy atom. The van der Waals surface area contributed by atoms with Crippen molar-refractivity contribution in [2.45, 2.75) is 19.8 Å². The summed E-state index contributed by atoms with van der Waals surface area (Å²) in [6.07, 6.45) is 3.54. The van der Waals surface area contributed by atoms with Crippen LogP contribution in [0.5, 0.6) is 11.5 Å². The molecule has 0 unspecified atom stereocenters. The Morgan fingerprint density at radius 1 is 1.11 bits per heavy atom. The molecular weight excluding hydrogens is 358 g/mol. The first-order valence-electron chi connectivity index (χ1n) is 9.09. The molecule has 0 aliphatic rings. The molecule has 148 valence electrons. The highest BCUT2D eigenvalue weighted by atomic mass is 16.5. The number of benzene rings is 2. The van der Waals surface area contributed by atoms with Gasteiger partial charge in [0.1, 0.15) is 11.5 Å². The third kappa shape index (κ3) is 7.11. The lowest BCUT2D eigenvalue weighted by atomic mass is 10.2. The highest BCUT2D eigenvalue weighted by molar-refractivity contribution is 5.96. The fourth-order valence-corrected chi connectivity index (χ4v) is 2.24. The number of hydrogen-bond donors (Lipinski definition) is 2. The average molecular weight is 383 g/mol. The molecule has 0 heterocycles. The van der Waals surface area contributed by atoms with E-state index >= 15 is 0 Å². The molecule has 0 bridgehead atoms. The maximum absolute atomic E-state index is 12.1. The predicted molar refractivity (Wildman–Crippen MR) is 108 cm³/mol. The Labute approximate surface area is 164 Å². The highest BCUT2D eigenvalue weighted by Crippen LogP contribution is 2.13. The quantitative estimate of drug-likeness (QED) is 0.375. The number of nitrogens with one attached hydrogen (secondary N) is 2. The Kier molecular flexibility index (Phi) is 8.52. The largest absolute Gasteiger partial charge is 0.497 e. The summed E-state index contributed by atoms with van der Waals surface area (Å²) in [6, 6.07) is 14.1. The Balaban J connectivity index is 1.75. The molecule has 2 N–H and O–H groups in total. The SMILES string of the molecule is CCCCOc1ccc(C(=O)NCC(=O)N/N=C\c2cccc(OC)c2)cc1. The fourth-order valence-electron chi connectivity index (χ4n) is 2.24. The van der Waals surface area contributed by atoms with Gasteiger partial charge in [-0.2, -0.15) is 5.10 Å². The van der Waals surface area contributed by atoms with Crippen LogP contribution in [0.1, 0.15) is 35.7 Å². The highest BCUT2D eigenvalue weighted by Gasteiger charge is 2.08. The fraction of sp³-hybridized carbons (Fsp3) is 0.286. The van der Waals surface area contributed by atoms with E-state index in [1.54, 1.807) is 37.4 Å². The van der Waals surface area contributed by atoms with Gasteiger partial charge in [0.2, 0.25) is 0 Å². The van der Waals surface area contributed by atoms with Crippen molar-refractivity contribution >= 4 is 18.0 Å². The van der Waals surface area contributed by atoms with Gasteiger partial charge in [-0.25, -0.2) is 5.43 Å². The number of hydrazone groups is 1. The number of ether oxygens (including phenoxy) is 2. The van der Waals surface area contributed by atoms with Crippen LogP contribution < -0.4 is 20.2 Å². The van der Waals surface area contributed by atoms with Gasteiger partial charge < -0.3 is 14.8 Å². The molecule has 2 aromatic rings. The van der Waals surface area contributed by atoms with Gasteiger partial charge in [-0.3, -0.25) is 9.59 Å².